The largest absolute Gasteiger partial charge is 0.465 e. The maximum absolute atomic E-state index is 12.8. The summed E-state index contributed by atoms with van der Waals surface area (Å²) in [6.07, 6.45) is 0. The quantitative estimate of drug-likeness (QED) is 0.805. The maximum Gasteiger partial charge on any atom is 0.315 e. The molecule has 0 saturated heterocycles. The van der Waals surface area contributed by atoms with Crippen molar-refractivity contribution in [3.8, 4) is 0 Å². The molecule has 1 rings (SSSR count). The molecule has 1 aromatic carbocycles. The number of carbonyl (C=O) groups excluding carboxylic acids is 2. The molecule has 0 aliphatic heterocycles. The number of rotatable bonds is 6. The average molecular weight is 271 g/mol. The highest BCUT2D eigenvalue weighted by molar-refractivity contribution is 8.00. The van der Waals surface area contributed by atoms with Gasteiger partial charge in [-0.1, -0.05) is 6.07 Å². The number of esters is 1. The van der Waals surface area contributed by atoms with Gasteiger partial charge in [0.25, 0.3) is 0 Å². The van der Waals surface area contributed by atoms with Crippen molar-refractivity contribution in [2.75, 3.05) is 23.4 Å². The zero-order valence-electron chi connectivity index (χ0n) is 9.94. The zero-order chi connectivity index (χ0) is 13.4. The second-order valence-corrected chi connectivity index (χ2v) is 4.34. The van der Waals surface area contributed by atoms with Gasteiger partial charge in [-0.2, -0.15) is 0 Å². The van der Waals surface area contributed by atoms with Crippen molar-refractivity contribution in [2.24, 2.45) is 0 Å². The van der Waals surface area contributed by atoms with Crippen LogP contribution in [0.25, 0.3) is 0 Å². The highest BCUT2D eigenvalue weighted by atomic mass is 32.2. The Morgan fingerprint density at radius 2 is 2.17 bits per heavy atom. The highest BCUT2D eigenvalue weighted by Gasteiger charge is 2.06. The van der Waals surface area contributed by atoms with Gasteiger partial charge >= 0.3 is 5.97 Å². The summed E-state index contributed by atoms with van der Waals surface area (Å²) in [7, 11) is 0. The molecule has 0 aliphatic rings. The minimum atomic E-state index is -0.410. The number of anilines is 1. The Morgan fingerprint density at radius 1 is 1.39 bits per heavy atom. The van der Waals surface area contributed by atoms with E-state index in [0.29, 0.717) is 12.3 Å². The van der Waals surface area contributed by atoms with Crippen molar-refractivity contribution >= 4 is 29.3 Å². The zero-order valence-corrected chi connectivity index (χ0v) is 10.8. The third-order valence-electron chi connectivity index (χ3n) is 1.87. The number of halogens is 1. The predicted molar refractivity (Wildman–Crippen MR) is 69.0 cm³/mol. The SMILES string of the molecule is CCOC(=O)CSCC(=O)Nc1cccc(F)c1. The molecular weight excluding hydrogens is 257 g/mol. The van der Waals surface area contributed by atoms with Gasteiger partial charge < -0.3 is 10.1 Å². The molecule has 1 N–H and O–H groups in total. The summed E-state index contributed by atoms with van der Waals surface area (Å²) >= 11 is 1.15. The summed E-state index contributed by atoms with van der Waals surface area (Å²) in [6.45, 7) is 2.05. The lowest BCUT2D eigenvalue weighted by Gasteiger charge is -2.05. The Morgan fingerprint density at radius 3 is 2.83 bits per heavy atom. The fourth-order valence-corrected chi connectivity index (χ4v) is 1.80. The van der Waals surface area contributed by atoms with Crippen LogP contribution in [-0.4, -0.2) is 30.0 Å². The van der Waals surface area contributed by atoms with Crippen LogP contribution >= 0.6 is 11.8 Å². The first kappa shape index (κ1) is 14.5. The van der Waals surface area contributed by atoms with E-state index in [1.165, 1.54) is 18.2 Å². The van der Waals surface area contributed by atoms with Crippen LogP contribution in [0.15, 0.2) is 24.3 Å². The lowest BCUT2D eigenvalue weighted by molar-refractivity contribution is -0.139. The molecule has 0 unspecified atom stereocenters. The van der Waals surface area contributed by atoms with Gasteiger partial charge in [0.05, 0.1) is 18.1 Å². The summed E-state index contributed by atoms with van der Waals surface area (Å²) in [5, 5.41) is 2.54. The van der Waals surface area contributed by atoms with Gasteiger partial charge in [-0.15, -0.1) is 11.8 Å². The fourth-order valence-electron chi connectivity index (χ4n) is 1.19. The molecule has 0 bridgehead atoms. The molecule has 0 aromatic heterocycles. The van der Waals surface area contributed by atoms with Crippen LogP contribution in [0.2, 0.25) is 0 Å². The molecule has 6 heteroatoms. The standard InChI is InChI=1S/C12H14FNO3S/c1-2-17-12(16)8-18-7-11(15)14-10-5-3-4-9(13)6-10/h3-6H,2,7-8H2,1H3,(H,14,15). The second-order valence-electron chi connectivity index (χ2n) is 3.36. The van der Waals surface area contributed by atoms with Crippen LogP contribution in [0.3, 0.4) is 0 Å². The molecule has 98 valence electrons. The van der Waals surface area contributed by atoms with E-state index in [2.05, 4.69) is 5.32 Å². The smallest absolute Gasteiger partial charge is 0.315 e. The van der Waals surface area contributed by atoms with Gasteiger partial charge in [-0.05, 0) is 25.1 Å². The minimum Gasteiger partial charge on any atom is -0.465 e. The van der Waals surface area contributed by atoms with E-state index in [0.717, 1.165) is 11.8 Å². The van der Waals surface area contributed by atoms with Gasteiger partial charge in [0.2, 0.25) is 5.91 Å². The van der Waals surface area contributed by atoms with E-state index in [4.69, 9.17) is 4.74 Å². The Kier molecular flexibility index (Phi) is 6.21. The van der Waals surface area contributed by atoms with Crippen LogP contribution in [0, 0.1) is 5.82 Å². The number of nitrogens with one attached hydrogen (secondary N) is 1. The molecule has 18 heavy (non-hydrogen) atoms. The van der Waals surface area contributed by atoms with Gasteiger partial charge in [-0.3, -0.25) is 9.59 Å². The van der Waals surface area contributed by atoms with Crippen molar-refractivity contribution in [1.82, 2.24) is 0 Å². The Bertz CT molecular complexity index is 426. The fraction of sp³-hybridized carbons (Fsp3) is 0.333. The summed E-state index contributed by atoms with van der Waals surface area (Å²) in [4.78, 5) is 22.5. The molecule has 1 amide bonds. The highest BCUT2D eigenvalue weighted by Crippen LogP contribution is 2.10. The van der Waals surface area contributed by atoms with Crippen LogP contribution in [-0.2, 0) is 14.3 Å². The van der Waals surface area contributed by atoms with Crippen LogP contribution in [0.4, 0.5) is 10.1 Å². The third kappa shape index (κ3) is 5.67. The molecule has 0 radical (unpaired) electrons. The van der Waals surface area contributed by atoms with Crippen molar-refractivity contribution in [3.63, 3.8) is 0 Å². The Balaban J connectivity index is 2.28. The monoisotopic (exact) mass is 271 g/mol. The molecular formula is C12H14FNO3S. The van der Waals surface area contributed by atoms with Gasteiger partial charge in [-0.25, -0.2) is 4.39 Å². The van der Waals surface area contributed by atoms with Crippen molar-refractivity contribution in [1.29, 1.82) is 0 Å². The first-order valence-corrected chi connectivity index (χ1v) is 6.56. The lowest BCUT2D eigenvalue weighted by atomic mass is 10.3. The minimum absolute atomic E-state index is 0.120. The van der Waals surface area contributed by atoms with Crippen LogP contribution < -0.4 is 5.32 Å². The first-order chi connectivity index (χ1) is 8.61. The van der Waals surface area contributed by atoms with Gasteiger partial charge in [0.15, 0.2) is 0 Å². The topological polar surface area (TPSA) is 55.4 Å². The average Bonchev–Trinajstić information content (AvgIpc) is 2.29. The predicted octanol–water partition coefficient (Wildman–Crippen LogP) is 2.06. The molecule has 1 aromatic rings. The van der Waals surface area contributed by atoms with Crippen molar-refractivity contribution in [2.45, 2.75) is 6.92 Å². The number of amides is 1. The molecule has 0 fully saturated rings. The summed E-state index contributed by atoms with van der Waals surface area (Å²) < 4.78 is 17.6. The number of benzene rings is 1. The van der Waals surface area contributed by atoms with Crippen LogP contribution in [0.1, 0.15) is 6.92 Å². The maximum atomic E-state index is 12.8. The first-order valence-electron chi connectivity index (χ1n) is 5.40. The van der Waals surface area contributed by atoms with Crippen molar-refractivity contribution in [3.05, 3.63) is 30.1 Å². The van der Waals surface area contributed by atoms with E-state index in [1.54, 1.807) is 13.0 Å². The molecule has 0 spiro atoms. The lowest BCUT2D eigenvalue weighted by Crippen LogP contribution is -2.16. The van der Waals surface area contributed by atoms with E-state index in [1.807, 2.05) is 0 Å². The van der Waals surface area contributed by atoms with Crippen molar-refractivity contribution < 1.29 is 18.7 Å². The van der Waals surface area contributed by atoms with E-state index in [-0.39, 0.29) is 23.4 Å². The third-order valence-corrected chi connectivity index (χ3v) is 2.77. The number of thioether (sulfide) groups is 1. The summed E-state index contributed by atoms with van der Waals surface area (Å²) in [5.74, 6) is -0.789. The molecule has 0 atom stereocenters. The van der Waals surface area contributed by atoms with E-state index >= 15 is 0 Å². The van der Waals surface area contributed by atoms with E-state index < -0.39 is 5.82 Å². The number of hydrogen-bond acceptors (Lipinski definition) is 4. The summed E-state index contributed by atoms with van der Waals surface area (Å²) in [6, 6.07) is 5.63. The Hall–Kier alpha value is -1.56. The van der Waals surface area contributed by atoms with E-state index in [9.17, 15) is 14.0 Å². The Labute approximate surface area is 109 Å². The molecule has 0 aliphatic carbocycles. The second kappa shape index (κ2) is 7.71. The van der Waals surface area contributed by atoms with Crippen LogP contribution in [0.5, 0.6) is 0 Å². The number of hydrogen-bond donors (Lipinski definition) is 1. The number of ether oxygens (including phenoxy) is 1. The normalized spacial score (nSPS) is 9.89. The molecule has 0 saturated carbocycles. The number of carbonyl (C=O) groups is 2. The molecule has 4 nitrogen and oxygen atoms in total. The summed E-state index contributed by atoms with van der Waals surface area (Å²) in [5.41, 5.74) is 0.400. The van der Waals surface area contributed by atoms with Gasteiger partial charge in [0, 0.05) is 5.69 Å². The van der Waals surface area contributed by atoms with Gasteiger partial charge in [0.1, 0.15) is 5.82 Å². The molecule has 0 heterocycles.